The van der Waals surface area contributed by atoms with Crippen LogP contribution in [0, 0.1) is 5.92 Å². The fraction of sp³-hybridized carbons (Fsp3) is 0.538. The molecule has 1 aromatic rings. The lowest BCUT2D eigenvalue weighted by atomic mass is 10.1. The van der Waals surface area contributed by atoms with Crippen molar-refractivity contribution in [1.82, 2.24) is 4.98 Å². The fourth-order valence-electron chi connectivity index (χ4n) is 2.09. The smallest absolute Gasteiger partial charge is 0.250 e. The first kappa shape index (κ1) is 12.7. The maximum atomic E-state index is 11.4. The molecule has 5 nitrogen and oxygen atoms in total. The molecule has 1 aliphatic rings. The van der Waals surface area contributed by atoms with Gasteiger partial charge in [-0.15, -0.1) is 0 Å². The topological polar surface area (TPSA) is 94.0 Å². The summed E-state index contributed by atoms with van der Waals surface area (Å²) in [6.45, 7) is 2.13. The summed E-state index contributed by atoms with van der Waals surface area (Å²) in [6.07, 6.45) is 6.38. The fourth-order valence-corrected chi connectivity index (χ4v) is 2.09. The minimum atomic E-state index is -0.479. The summed E-state index contributed by atoms with van der Waals surface area (Å²) < 4.78 is 0. The van der Waals surface area contributed by atoms with Gasteiger partial charge in [0.1, 0.15) is 5.82 Å². The highest BCUT2D eigenvalue weighted by molar-refractivity contribution is 5.99. The molecule has 98 valence electrons. The van der Waals surface area contributed by atoms with Crippen LogP contribution in [0.1, 0.15) is 43.0 Å². The number of hydrogen-bond donors (Lipinski definition) is 3. The van der Waals surface area contributed by atoms with Gasteiger partial charge in [0, 0.05) is 6.04 Å². The molecule has 1 unspecified atom stereocenters. The maximum Gasteiger partial charge on any atom is 0.250 e. The molecule has 0 radical (unpaired) electrons. The number of hydrogen-bond acceptors (Lipinski definition) is 4. The third kappa shape index (κ3) is 3.12. The molecule has 0 saturated heterocycles. The molecule has 0 aromatic carbocycles. The summed E-state index contributed by atoms with van der Waals surface area (Å²) in [5.74, 6) is 0.665. The zero-order valence-electron chi connectivity index (χ0n) is 10.6. The lowest BCUT2D eigenvalue weighted by Crippen LogP contribution is -2.23. The van der Waals surface area contributed by atoms with Crippen LogP contribution in [0.5, 0.6) is 0 Å². The zero-order valence-corrected chi connectivity index (χ0v) is 10.6. The quantitative estimate of drug-likeness (QED) is 0.715. The summed E-state index contributed by atoms with van der Waals surface area (Å²) in [6, 6.07) is 1.88. The molecule has 5 heteroatoms. The van der Waals surface area contributed by atoms with Crippen molar-refractivity contribution in [2.45, 2.75) is 38.6 Å². The van der Waals surface area contributed by atoms with Gasteiger partial charge in [0.25, 0.3) is 5.91 Å². The van der Waals surface area contributed by atoms with E-state index in [9.17, 15) is 4.79 Å². The molecule has 1 fully saturated rings. The Hall–Kier alpha value is -1.78. The van der Waals surface area contributed by atoms with Gasteiger partial charge >= 0.3 is 0 Å². The van der Waals surface area contributed by atoms with Gasteiger partial charge in [-0.05, 0) is 24.8 Å². The predicted molar refractivity (Wildman–Crippen MR) is 72.2 cm³/mol. The Balaban J connectivity index is 2.13. The van der Waals surface area contributed by atoms with Crippen LogP contribution >= 0.6 is 0 Å². The van der Waals surface area contributed by atoms with Gasteiger partial charge in [0.2, 0.25) is 0 Å². The average molecular weight is 248 g/mol. The summed E-state index contributed by atoms with van der Waals surface area (Å²) in [5.41, 5.74) is 12.0. The van der Waals surface area contributed by atoms with Crippen LogP contribution in [0.3, 0.4) is 0 Å². The van der Waals surface area contributed by atoms with Gasteiger partial charge in [0.15, 0.2) is 0 Å². The van der Waals surface area contributed by atoms with Crippen molar-refractivity contribution < 1.29 is 4.79 Å². The zero-order chi connectivity index (χ0) is 13.1. The van der Waals surface area contributed by atoms with Crippen LogP contribution in [0.15, 0.2) is 12.3 Å². The first-order valence-electron chi connectivity index (χ1n) is 6.42. The van der Waals surface area contributed by atoms with Crippen molar-refractivity contribution in [3.05, 3.63) is 17.8 Å². The van der Waals surface area contributed by atoms with Crippen molar-refractivity contribution in [3.8, 4) is 0 Å². The molecule has 5 N–H and O–H groups in total. The minimum Gasteiger partial charge on any atom is -0.384 e. The molecule has 1 saturated carbocycles. The van der Waals surface area contributed by atoms with E-state index in [4.69, 9.17) is 11.5 Å². The van der Waals surface area contributed by atoms with Crippen LogP contribution in [0.25, 0.3) is 0 Å². The van der Waals surface area contributed by atoms with Crippen molar-refractivity contribution in [1.29, 1.82) is 0 Å². The van der Waals surface area contributed by atoms with E-state index in [-0.39, 0.29) is 0 Å². The van der Waals surface area contributed by atoms with E-state index in [0.717, 1.165) is 18.8 Å². The van der Waals surface area contributed by atoms with Crippen LogP contribution in [-0.4, -0.2) is 16.9 Å². The Morgan fingerprint density at radius 2 is 2.33 bits per heavy atom. The third-order valence-corrected chi connectivity index (χ3v) is 3.36. The lowest BCUT2D eigenvalue weighted by Gasteiger charge is -2.19. The molecule has 2 rings (SSSR count). The largest absolute Gasteiger partial charge is 0.384 e. The number of anilines is 2. The first-order chi connectivity index (χ1) is 8.60. The summed E-state index contributed by atoms with van der Waals surface area (Å²) in [5, 5.41) is 3.36. The van der Waals surface area contributed by atoms with Gasteiger partial charge in [-0.3, -0.25) is 4.79 Å². The first-order valence-corrected chi connectivity index (χ1v) is 6.42. The minimum absolute atomic E-state index is 0.310. The monoisotopic (exact) mass is 248 g/mol. The Morgan fingerprint density at radius 1 is 1.61 bits per heavy atom. The lowest BCUT2D eigenvalue weighted by molar-refractivity contribution is 0.100. The van der Waals surface area contributed by atoms with E-state index < -0.39 is 5.91 Å². The third-order valence-electron chi connectivity index (χ3n) is 3.36. The van der Waals surface area contributed by atoms with Crippen LogP contribution < -0.4 is 16.8 Å². The highest BCUT2D eigenvalue weighted by Crippen LogP contribution is 2.35. The number of nitrogens with zero attached hydrogens (tertiary/aromatic N) is 1. The molecule has 1 heterocycles. The maximum absolute atomic E-state index is 11.4. The van der Waals surface area contributed by atoms with E-state index in [1.54, 1.807) is 6.20 Å². The van der Waals surface area contributed by atoms with Gasteiger partial charge in [-0.25, -0.2) is 4.98 Å². The van der Waals surface area contributed by atoms with Crippen molar-refractivity contribution in [3.63, 3.8) is 0 Å². The second kappa shape index (κ2) is 5.25. The molecule has 1 aliphatic carbocycles. The molecule has 18 heavy (non-hydrogen) atoms. The molecular formula is C13H20N4O. The molecule has 1 amide bonds. The normalized spacial score (nSPS) is 16.3. The summed E-state index contributed by atoms with van der Waals surface area (Å²) in [7, 11) is 0. The molecule has 0 bridgehead atoms. The number of carbonyl (C=O) groups is 1. The number of nitrogens with one attached hydrogen (secondary N) is 1. The molecule has 0 spiro atoms. The van der Waals surface area contributed by atoms with Crippen LogP contribution in [0.2, 0.25) is 0 Å². The number of rotatable bonds is 6. The Morgan fingerprint density at radius 3 is 2.89 bits per heavy atom. The second-order valence-corrected chi connectivity index (χ2v) is 4.95. The standard InChI is InChI=1S/C13H20N4O/c1-2-9(5-8-3-4-8)17-11-7-16-12(14)6-10(11)13(15)18/h6-9,17H,2-5H2,1H3,(H2,14,16)(H2,15,18). The number of amides is 1. The van der Waals surface area contributed by atoms with Gasteiger partial charge in [0.05, 0.1) is 17.4 Å². The van der Waals surface area contributed by atoms with E-state index >= 15 is 0 Å². The van der Waals surface area contributed by atoms with Crippen LogP contribution in [-0.2, 0) is 0 Å². The molecule has 0 aliphatic heterocycles. The summed E-state index contributed by atoms with van der Waals surface area (Å²) in [4.78, 5) is 15.4. The molecule has 1 aromatic heterocycles. The van der Waals surface area contributed by atoms with E-state index in [0.29, 0.717) is 23.1 Å². The molecule has 1 atom stereocenters. The van der Waals surface area contributed by atoms with E-state index in [1.165, 1.54) is 18.9 Å². The van der Waals surface area contributed by atoms with E-state index in [2.05, 4.69) is 17.2 Å². The Bertz CT molecular complexity index is 443. The molecular weight excluding hydrogens is 228 g/mol. The number of pyridine rings is 1. The van der Waals surface area contributed by atoms with Gasteiger partial charge < -0.3 is 16.8 Å². The van der Waals surface area contributed by atoms with Crippen LogP contribution in [0.4, 0.5) is 11.5 Å². The van der Waals surface area contributed by atoms with Gasteiger partial charge in [-0.2, -0.15) is 0 Å². The Labute approximate surface area is 107 Å². The number of nitrogen functional groups attached to an aromatic ring is 1. The van der Waals surface area contributed by atoms with Gasteiger partial charge in [-0.1, -0.05) is 19.8 Å². The number of aromatic nitrogens is 1. The average Bonchev–Trinajstić information content (AvgIpc) is 3.14. The van der Waals surface area contributed by atoms with Crippen molar-refractivity contribution >= 4 is 17.4 Å². The predicted octanol–water partition coefficient (Wildman–Crippen LogP) is 1.75. The van der Waals surface area contributed by atoms with Crippen molar-refractivity contribution in [2.75, 3.05) is 11.1 Å². The summed E-state index contributed by atoms with van der Waals surface area (Å²) >= 11 is 0. The number of primary amides is 1. The Kier molecular flexibility index (Phi) is 3.69. The second-order valence-electron chi connectivity index (χ2n) is 4.95. The van der Waals surface area contributed by atoms with E-state index in [1.807, 2.05) is 0 Å². The van der Waals surface area contributed by atoms with Crippen molar-refractivity contribution in [2.24, 2.45) is 11.7 Å². The SMILES string of the molecule is CCC(CC1CC1)Nc1cnc(N)cc1C(N)=O. The number of nitrogens with two attached hydrogens (primary N) is 2. The highest BCUT2D eigenvalue weighted by Gasteiger charge is 2.25. The highest BCUT2D eigenvalue weighted by atomic mass is 16.1. The number of carbonyl (C=O) groups excluding carboxylic acids is 1.